The zero-order chi connectivity index (χ0) is 27.9. The molecule has 9 heteroatoms. The minimum atomic E-state index is -0.162. The standard InChI is InChI=1S/C32H33N5O4/c33-32-35-30-29(31(36-32)41-18-25-14-8-3-9-15-25)34-22-37(30)27-20-40-28(21-39-17-24-12-6-2-7-13-24)26(27)19-38-16-23-10-4-1-5-11-23/h1-15,22,26-28H,16-21H2,(H2,33,35,36)/t26-,27-,28+/m0/s1. The number of hydrogen-bond donors (Lipinski definition) is 1. The summed E-state index contributed by atoms with van der Waals surface area (Å²) < 4.78 is 26.7. The van der Waals surface area contributed by atoms with Gasteiger partial charge in [0, 0.05) is 5.92 Å². The second-order valence-electron chi connectivity index (χ2n) is 10.1. The molecule has 1 aliphatic heterocycles. The number of ether oxygens (including phenoxy) is 4. The third-order valence-electron chi connectivity index (χ3n) is 7.25. The Hall–Kier alpha value is -4.31. The molecule has 0 aliphatic carbocycles. The summed E-state index contributed by atoms with van der Waals surface area (Å²) in [6.07, 6.45) is 1.60. The molecule has 3 atom stereocenters. The first-order valence-corrected chi connectivity index (χ1v) is 13.8. The SMILES string of the molecule is Nc1nc(OCc2ccccc2)c2ncn([C@H]3CO[C@H](COCc4ccccc4)[C@H]3COCc3ccccc3)c2n1. The van der Waals surface area contributed by atoms with Crippen molar-refractivity contribution < 1.29 is 18.9 Å². The highest BCUT2D eigenvalue weighted by molar-refractivity contribution is 5.77. The predicted molar refractivity (Wildman–Crippen MR) is 155 cm³/mol. The Morgan fingerprint density at radius 3 is 1.98 bits per heavy atom. The van der Waals surface area contributed by atoms with Gasteiger partial charge in [-0.15, -0.1) is 0 Å². The summed E-state index contributed by atoms with van der Waals surface area (Å²) in [5.41, 5.74) is 10.6. The van der Waals surface area contributed by atoms with Crippen molar-refractivity contribution in [2.24, 2.45) is 5.92 Å². The number of aromatic nitrogens is 4. The van der Waals surface area contributed by atoms with Gasteiger partial charge in [-0.25, -0.2) is 4.98 Å². The van der Waals surface area contributed by atoms with Crippen LogP contribution in [-0.4, -0.2) is 45.4 Å². The fourth-order valence-corrected chi connectivity index (χ4v) is 5.12. The Balaban J connectivity index is 1.21. The van der Waals surface area contributed by atoms with Crippen molar-refractivity contribution >= 4 is 17.1 Å². The largest absolute Gasteiger partial charge is 0.471 e. The summed E-state index contributed by atoms with van der Waals surface area (Å²) in [5.74, 6) is 0.478. The maximum atomic E-state index is 6.30. The van der Waals surface area contributed by atoms with E-state index in [0.29, 0.717) is 56.7 Å². The van der Waals surface area contributed by atoms with Crippen LogP contribution in [0.1, 0.15) is 22.7 Å². The summed E-state index contributed by atoms with van der Waals surface area (Å²) in [6, 6.07) is 30.1. The number of benzene rings is 3. The van der Waals surface area contributed by atoms with Crippen LogP contribution < -0.4 is 10.5 Å². The molecule has 0 spiro atoms. The zero-order valence-electron chi connectivity index (χ0n) is 22.7. The molecule has 1 aliphatic rings. The van der Waals surface area contributed by atoms with E-state index in [1.165, 1.54) is 0 Å². The number of anilines is 1. The molecule has 0 unspecified atom stereocenters. The topological polar surface area (TPSA) is 107 Å². The zero-order valence-corrected chi connectivity index (χ0v) is 22.7. The van der Waals surface area contributed by atoms with Gasteiger partial charge < -0.3 is 29.2 Å². The van der Waals surface area contributed by atoms with Crippen LogP contribution in [0.15, 0.2) is 97.3 Å². The third-order valence-corrected chi connectivity index (χ3v) is 7.25. The van der Waals surface area contributed by atoms with Crippen molar-refractivity contribution in [2.75, 3.05) is 25.6 Å². The van der Waals surface area contributed by atoms with E-state index in [9.17, 15) is 0 Å². The Bertz CT molecular complexity index is 1530. The maximum absolute atomic E-state index is 6.30. The lowest BCUT2D eigenvalue weighted by molar-refractivity contribution is -0.0239. The second-order valence-corrected chi connectivity index (χ2v) is 10.1. The van der Waals surface area contributed by atoms with E-state index in [4.69, 9.17) is 24.7 Å². The quantitative estimate of drug-likeness (QED) is 0.232. The molecule has 0 bridgehead atoms. The van der Waals surface area contributed by atoms with Crippen molar-refractivity contribution in [3.63, 3.8) is 0 Å². The lowest BCUT2D eigenvalue weighted by Gasteiger charge is -2.24. The average Bonchev–Trinajstić information content (AvgIpc) is 3.61. The van der Waals surface area contributed by atoms with E-state index in [0.717, 1.165) is 16.7 Å². The highest BCUT2D eigenvalue weighted by atomic mass is 16.5. The van der Waals surface area contributed by atoms with Gasteiger partial charge in [0.25, 0.3) is 0 Å². The molecule has 2 N–H and O–H groups in total. The van der Waals surface area contributed by atoms with Crippen LogP contribution in [0.4, 0.5) is 5.95 Å². The molecular formula is C32H33N5O4. The van der Waals surface area contributed by atoms with Gasteiger partial charge in [-0.3, -0.25) is 0 Å². The molecule has 6 rings (SSSR count). The lowest BCUT2D eigenvalue weighted by atomic mass is 9.98. The fourth-order valence-electron chi connectivity index (χ4n) is 5.12. The minimum absolute atomic E-state index is 0.00300. The van der Waals surface area contributed by atoms with E-state index in [1.54, 1.807) is 6.33 Å². The Kier molecular flexibility index (Phi) is 8.46. The van der Waals surface area contributed by atoms with Crippen LogP contribution in [0, 0.1) is 5.92 Å². The molecule has 3 heterocycles. The molecule has 9 nitrogen and oxygen atoms in total. The fraction of sp³-hybridized carbons (Fsp3) is 0.281. The molecule has 3 aromatic carbocycles. The Morgan fingerprint density at radius 2 is 1.34 bits per heavy atom. The molecule has 2 aromatic heterocycles. The van der Waals surface area contributed by atoms with E-state index in [-0.39, 0.29) is 24.0 Å². The summed E-state index contributed by atoms with van der Waals surface area (Å²) in [4.78, 5) is 13.5. The second kappa shape index (κ2) is 12.9. The monoisotopic (exact) mass is 551 g/mol. The number of nitrogen functional groups attached to an aromatic ring is 1. The minimum Gasteiger partial charge on any atom is -0.471 e. The van der Waals surface area contributed by atoms with E-state index < -0.39 is 0 Å². The van der Waals surface area contributed by atoms with E-state index >= 15 is 0 Å². The van der Waals surface area contributed by atoms with Gasteiger partial charge in [0.05, 0.1) is 51.5 Å². The van der Waals surface area contributed by atoms with E-state index in [2.05, 4.69) is 39.2 Å². The van der Waals surface area contributed by atoms with Crippen molar-refractivity contribution in [3.8, 4) is 5.88 Å². The molecule has 0 amide bonds. The van der Waals surface area contributed by atoms with Gasteiger partial charge >= 0.3 is 0 Å². The van der Waals surface area contributed by atoms with Crippen LogP contribution in [0.3, 0.4) is 0 Å². The molecule has 0 radical (unpaired) electrons. The van der Waals surface area contributed by atoms with Crippen LogP contribution in [0.5, 0.6) is 5.88 Å². The highest BCUT2D eigenvalue weighted by Crippen LogP contribution is 2.35. The van der Waals surface area contributed by atoms with Crippen LogP contribution >= 0.6 is 0 Å². The first-order chi connectivity index (χ1) is 20.2. The van der Waals surface area contributed by atoms with Crippen molar-refractivity contribution in [2.45, 2.75) is 32.0 Å². The molecular weight excluding hydrogens is 518 g/mol. The summed E-state index contributed by atoms with van der Waals surface area (Å²) >= 11 is 0. The Morgan fingerprint density at radius 1 is 0.756 bits per heavy atom. The number of fused-ring (bicyclic) bond motifs is 1. The summed E-state index contributed by atoms with van der Waals surface area (Å²) in [5, 5.41) is 0. The molecule has 0 saturated carbocycles. The van der Waals surface area contributed by atoms with Crippen LogP contribution in [0.25, 0.3) is 11.2 Å². The number of nitrogens with zero attached hydrogens (tertiary/aromatic N) is 4. The number of nitrogens with two attached hydrogens (primary N) is 1. The maximum Gasteiger partial charge on any atom is 0.247 e. The third kappa shape index (κ3) is 6.54. The number of rotatable bonds is 12. The van der Waals surface area contributed by atoms with Crippen molar-refractivity contribution in [1.29, 1.82) is 0 Å². The van der Waals surface area contributed by atoms with Gasteiger partial charge in [-0.2, -0.15) is 9.97 Å². The van der Waals surface area contributed by atoms with Crippen molar-refractivity contribution in [1.82, 2.24) is 19.5 Å². The van der Waals surface area contributed by atoms with Gasteiger partial charge in [0.1, 0.15) is 6.61 Å². The summed E-state index contributed by atoms with van der Waals surface area (Å²) in [6.45, 7) is 2.77. The number of hydrogen-bond acceptors (Lipinski definition) is 8. The smallest absolute Gasteiger partial charge is 0.247 e. The first-order valence-electron chi connectivity index (χ1n) is 13.8. The molecule has 1 saturated heterocycles. The van der Waals surface area contributed by atoms with Crippen LogP contribution in [0.2, 0.25) is 0 Å². The molecule has 41 heavy (non-hydrogen) atoms. The van der Waals surface area contributed by atoms with Gasteiger partial charge in [-0.05, 0) is 16.7 Å². The lowest BCUT2D eigenvalue weighted by Crippen LogP contribution is -2.30. The van der Waals surface area contributed by atoms with Gasteiger partial charge in [0.15, 0.2) is 11.2 Å². The first kappa shape index (κ1) is 26.9. The Labute approximate surface area is 238 Å². The number of imidazole rings is 1. The van der Waals surface area contributed by atoms with E-state index in [1.807, 2.05) is 71.3 Å². The van der Waals surface area contributed by atoms with Crippen LogP contribution in [-0.2, 0) is 34.0 Å². The normalized spacial score (nSPS) is 18.6. The highest BCUT2D eigenvalue weighted by Gasteiger charge is 2.40. The molecule has 1 fully saturated rings. The average molecular weight is 552 g/mol. The van der Waals surface area contributed by atoms with Crippen molar-refractivity contribution in [3.05, 3.63) is 114 Å². The molecule has 210 valence electrons. The van der Waals surface area contributed by atoms with Gasteiger partial charge in [0.2, 0.25) is 11.8 Å². The van der Waals surface area contributed by atoms with Gasteiger partial charge in [-0.1, -0.05) is 91.0 Å². The predicted octanol–water partition coefficient (Wildman–Crippen LogP) is 4.98. The molecule has 5 aromatic rings. The summed E-state index contributed by atoms with van der Waals surface area (Å²) in [7, 11) is 0.